The number of nitroso groups, excluding NO2 is 1. The number of aliphatic hydroxyl groups excluding tert-OH is 3. The Morgan fingerprint density at radius 1 is 0.568 bits per heavy atom. The van der Waals surface area contributed by atoms with E-state index in [9.17, 15) is 39.4 Å². The molecule has 4 atom stereocenters. The normalized spacial score (nSPS) is 13.8. The Bertz CT molecular complexity index is 792. The van der Waals surface area contributed by atoms with E-state index in [1.54, 1.807) is 6.92 Å². The molecule has 12 nitrogen and oxygen atoms in total. The molecule has 0 aromatic carbocycles. The Kier molecular flexibility index (Phi) is 26.5. The number of nitrogens with zero attached hydrogens (tertiary/aromatic N) is 1. The van der Waals surface area contributed by atoms with Crippen molar-refractivity contribution in [3.63, 3.8) is 0 Å². The minimum atomic E-state index is -1.62. The van der Waals surface area contributed by atoms with Gasteiger partial charge in [0.05, 0.1) is 25.9 Å². The summed E-state index contributed by atoms with van der Waals surface area (Å²) in [5.74, 6) is -2.00. The summed E-state index contributed by atoms with van der Waals surface area (Å²) in [4.78, 5) is 56.6. The third kappa shape index (κ3) is 24.9. The summed E-state index contributed by atoms with van der Waals surface area (Å²) in [5, 5.41) is 33.5. The van der Waals surface area contributed by atoms with Crippen LogP contribution >= 0.6 is 0 Å². The van der Waals surface area contributed by atoms with Crippen molar-refractivity contribution in [3.05, 3.63) is 4.91 Å². The Labute approximate surface area is 262 Å². The fraction of sp³-hybridized carbons (Fsp3) is 0.875. The number of hydrogen-bond donors (Lipinski definition) is 3. The van der Waals surface area contributed by atoms with Crippen molar-refractivity contribution < 1.29 is 48.7 Å². The van der Waals surface area contributed by atoms with Crippen molar-refractivity contribution in [2.75, 3.05) is 26.4 Å². The summed E-state index contributed by atoms with van der Waals surface area (Å²) in [6.45, 7) is 3.17. The van der Waals surface area contributed by atoms with Gasteiger partial charge in [-0.05, 0) is 45.4 Å². The Hall–Kier alpha value is -2.44. The number of carbonyl (C=O) groups excluding carboxylic acids is 4. The molecule has 3 N–H and O–H groups in total. The zero-order chi connectivity index (χ0) is 33.0. The van der Waals surface area contributed by atoms with Gasteiger partial charge in [0.25, 0.3) is 0 Å². The molecule has 12 heteroatoms. The molecule has 0 spiro atoms. The highest BCUT2D eigenvalue weighted by molar-refractivity contribution is 5.75. The largest absolute Gasteiger partial charge is 0.466 e. The number of ketones is 1. The summed E-state index contributed by atoms with van der Waals surface area (Å²) in [5.41, 5.74) is 0. The molecule has 44 heavy (non-hydrogen) atoms. The van der Waals surface area contributed by atoms with Crippen LogP contribution in [0, 0.1) is 10.8 Å². The molecule has 0 aliphatic heterocycles. The molecule has 0 aromatic heterocycles. The molecule has 0 saturated carbocycles. The molecule has 0 rings (SSSR count). The van der Waals surface area contributed by atoms with Gasteiger partial charge in [0.15, 0.2) is 0 Å². The van der Waals surface area contributed by atoms with Crippen LogP contribution in [0.3, 0.4) is 0 Å². The lowest BCUT2D eigenvalue weighted by molar-refractivity contribution is -0.156. The van der Waals surface area contributed by atoms with E-state index >= 15 is 0 Å². The third-order valence-electron chi connectivity index (χ3n) is 7.33. The van der Waals surface area contributed by atoms with Crippen molar-refractivity contribution in [2.45, 2.75) is 148 Å². The molecule has 256 valence electrons. The molecular weight excluding hydrogens is 574 g/mol. The number of unbranched alkanes of at least 4 members (excludes halogenated alkanes) is 11. The zero-order valence-corrected chi connectivity index (χ0v) is 26.9. The maximum atomic E-state index is 12.0. The summed E-state index contributed by atoms with van der Waals surface area (Å²) in [6.07, 6.45) is 8.98. The Morgan fingerprint density at radius 3 is 1.50 bits per heavy atom. The lowest BCUT2D eigenvalue weighted by Crippen LogP contribution is -2.44. The molecule has 0 heterocycles. The van der Waals surface area contributed by atoms with Gasteiger partial charge in [0.2, 0.25) is 0 Å². The monoisotopic (exact) mass is 631 g/mol. The molecular formula is C32H57NO11. The van der Waals surface area contributed by atoms with Crippen molar-refractivity contribution in [1.82, 2.24) is 0 Å². The minimum absolute atomic E-state index is 0.0351. The van der Waals surface area contributed by atoms with Gasteiger partial charge < -0.3 is 34.3 Å². The lowest BCUT2D eigenvalue weighted by atomic mass is 9.97. The molecule has 3 unspecified atom stereocenters. The highest BCUT2D eigenvalue weighted by atomic mass is 16.5. The highest BCUT2D eigenvalue weighted by Crippen LogP contribution is 2.14. The number of carbonyl (C=O) groups is 4. The van der Waals surface area contributed by atoms with Gasteiger partial charge in [0, 0.05) is 31.6 Å². The lowest BCUT2D eigenvalue weighted by Gasteiger charge is -2.27. The molecule has 0 bridgehead atoms. The van der Waals surface area contributed by atoms with Crippen LogP contribution in [0.1, 0.15) is 129 Å². The van der Waals surface area contributed by atoms with Gasteiger partial charge in [-0.1, -0.05) is 63.5 Å². The minimum Gasteiger partial charge on any atom is -0.466 e. The van der Waals surface area contributed by atoms with E-state index in [-0.39, 0.29) is 37.6 Å². The topological polar surface area (TPSA) is 186 Å². The third-order valence-corrected chi connectivity index (χ3v) is 7.33. The van der Waals surface area contributed by atoms with Gasteiger partial charge in [0.1, 0.15) is 24.6 Å². The number of rotatable bonds is 30. The number of ether oxygens (including phenoxy) is 3. The molecule has 0 amide bonds. The summed E-state index contributed by atoms with van der Waals surface area (Å²) in [7, 11) is 0. The van der Waals surface area contributed by atoms with Crippen LogP contribution in [0.15, 0.2) is 5.18 Å². The van der Waals surface area contributed by atoms with Crippen molar-refractivity contribution >= 4 is 23.7 Å². The Morgan fingerprint density at radius 2 is 1.00 bits per heavy atom. The number of esters is 3. The quantitative estimate of drug-likeness (QED) is 0.0431. The van der Waals surface area contributed by atoms with E-state index in [2.05, 4.69) is 5.18 Å². The SMILES string of the molecule is CC(=O)CCCCC(=O)OC[C@@H](C)C(O)C(O)C(O)COC(=O)CCCCC(=O)OCCCCCCCCCCCCN=O. The van der Waals surface area contributed by atoms with E-state index in [1.807, 2.05) is 0 Å². The number of Topliss-reactive ketones (excluding diaryl/α,β-unsaturated/α-hetero) is 1. The summed E-state index contributed by atoms with van der Waals surface area (Å²) < 4.78 is 15.3. The van der Waals surface area contributed by atoms with E-state index in [0.717, 1.165) is 44.9 Å². The molecule has 0 aliphatic rings. The van der Waals surface area contributed by atoms with Crippen molar-refractivity contribution in [1.29, 1.82) is 0 Å². The maximum absolute atomic E-state index is 12.0. The van der Waals surface area contributed by atoms with Gasteiger partial charge in [-0.3, -0.25) is 14.4 Å². The van der Waals surface area contributed by atoms with Gasteiger partial charge >= 0.3 is 17.9 Å². The standard InChI is InChI=1S/C32H57NO11/c1-25(23-43-29(37)19-12-11-17-26(2)34)31(39)32(40)27(35)24-44-30(38)20-14-13-18-28(36)42-22-16-10-8-6-4-3-5-7-9-15-21-33-41/h25,27,31-32,35,39-40H,3-24H2,1-2H3/t25-,27?,31?,32?/m1/s1. The van der Waals surface area contributed by atoms with Crippen LogP contribution in [-0.2, 0) is 33.4 Å². The summed E-state index contributed by atoms with van der Waals surface area (Å²) >= 11 is 0. The van der Waals surface area contributed by atoms with Crippen LogP contribution in [-0.4, -0.2) is 83.7 Å². The van der Waals surface area contributed by atoms with E-state index in [1.165, 1.54) is 26.2 Å². The maximum Gasteiger partial charge on any atom is 0.305 e. The number of aliphatic hydroxyl groups is 3. The van der Waals surface area contributed by atoms with E-state index in [4.69, 9.17) is 14.2 Å². The molecule has 0 radical (unpaired) electrons. The predicted octanol–water partition coefficient (Wildman–Crippen LogP) is 4.71. The van der Waals surface area contributed by atoms with E-state index < -0.39 is 42.8 Å². The first kappa shape index (κ1) is 41.6. The second-order valence-corrected chi connectivity index (χ2v) is 11.6. The molecule has 0 saturated heterocycles. The van der Waals surface area contributed by atoms with Gasteiger partial charge in [-0.2, -0.15) is 4.91 Å². The fourth-order valence-electron chi connectivity index (χ4n) is 4.44. The van der Waals surface area contributed by atoms with Crippen LogP contribution in [0.5, 0.6) is 0 Å². The van der Waals surface area contributed by atoms with Gasteiger partial charge in [-0.15, -0.1) is 0 Å². The first-order chi connectivity index (χ1) is 21.1. The predicted molar refractivity (Wildman–Crippen MR) is 165 cm³/mol. The van der Waals surface area contributed by atoms with Crippen molar-refractivity contribution in [3.8, 4) is 0 Å². The first-order valence-corrected chi connectivity index (χ1v) is 16.4. The molecule has 0 fully saturated rings. The Balaban J connectivity index is 3.81. The second kappa shape index (κ2) is 28.1. The number of hydrogen-bond acceptors (Lipinski definition) is 12. The molecule has 0 aromatic rings. The zero-order valence-electron chi connectivity index (χ0n) is 26.9. The molecule has 0 aliphatic carbocycles. The fourth-order valence-corrected chi connectivity index (χ4v) is 4.44. The van der Waals surface area contributed by atoms with Crippen molar-refractivity contribution in [2.24, 2.45) is 11.1 Å². The van der Waals surface area contributed by atoms with E-state index in [0.29, 0.717) is 45.3 Å². The van der Waals surface area contributed by atoms with Crippen LogP contribution in [0.4, 0.5) is 0 Å². The average Bonchev–Trinajstić information content (AvgIpc) is 3.00. The smallest absolute Gasteiger partial charge is 0.305 e. The average molecular weight is 632 g/mol. The van der Waals surface area contributed by atoms with Crippen LogP contribution in [0.2, 0.25) is 0 Å². The first-order valence-electron chi connectivity index (χ1n) is 16.4. The van der Waals surface area contributed by atoms with Gasteiger partial charge in [-0.25, -0.2) is 0 Å². The van der Waals surface area contributed by atoms with Crippen LogP contribution in [0.25, 0.3) is 0 Å². The summed E-state index contributed by atoms with van der Waals surface area (Å²) in [6, 6.07) is 0. The second-order valence-electron chi connectivity index (χ2n) is 11.6. The van der Waals surface area contributed by atoms with Crippen LogP contribution < -0.4 is 0 Å². The highest BCUT2D eigenvalue weighted by Gasteiger charge is 2.30.